The Morgan fingerprint density at radius 1 is 1.12 bits per heavy atom. The first-order chi connectivity index (χ1) is 12.1. The van der Waals surface area contributed by atoms with Crippen LogP contribution in [0.3, 0.4) is 0 Å². The molecule has 0 bridgehead atoms. The van der Waals surface area contributed by atoms with E-state index in [9.17, 15) is 10.1 Å². The van der Waals surface area contributed by atoms with E-state index in [1.165, 1.54) is 58.4 Å². The molecule has 3 saturated heterocycles. The summed E-state index contributed by atoms with van der Waals surface area (Å²) >= 11 is 0. The first kappa shape index (κ1) is 16.8. The van der Waals surface area contributed by atoms with Crippen molar-refractivity contribution in [1.29, 1.82) is 0 Å². The van der Waals surface area contributed by atoms with E-state index in [2.05, 4.69) is 15.1 Å². The van der Waals surface area contributed by atoms with Gasteiger partial charge in [0.2, 0.25) is 0 Å². The molecule has 0 unspecified atom stereocenters. The summed E-state index contributed by atoms with van der Waals surface area (Å²) in [5, 5.41) is 14.2. The predicted octanol–water partition coefficient (Wildman–Crippen LogP) is 2.50. The number of nitrogens with zero attached hydrogens (tertiary/aromatic N) is 3. The summed E-state index contributed by atoms with van der Waals surface area (Å²) in [6, 6.07) is 6.99. The zero-order valence-corrected chi connectivity index (χ0v) is 14.8. The topological polar surface area (TPSA) is 61.7 Å². The molecule has 1 aromatic rings. The number of nitro benzene ring substituents is 1. The fraction of sp³-hybridized carbons (Fsp3) is 0.684. The number of nitro groups is 1. The van der Waals surface area contributed by atoms with Crippen LogP contribution in [-0.4, -0.2) is 55.6 Å². The molecule has 0 aromatic heterocycles. The highest BCUT2D eigenvalue weighted by Gasteiger charge is 2.43. The lowest BCUT2D eigenvalue weighted by molar-refractivity contribution is -0.384. The van der Waals surface area contributed by atoms with Gasteiger partial charge in [-0.25, -0.2) is 0 Å². The van der Waals surface area contributed by atoms with Crippen LogP contribution < -0.4 is 10.2 Å². The normalized spacial score (nSPS) is 24.2. The Hall–Kier alpha value is -1.66. The van der Waals surface area contributed by atoms with Gasteiger partial charge < -0.3 is 15.1 Å². The average Bonchev–Trinajstić information content (AvgIpc) is 2.62. The Balaban J connectivity index is 1.23. The van der Waals surface area contributed by atoms with Crippen LogP contribution in [0.5, 0.6) is 0 Å². The second-order valence-electron chi connectivity index (χ2n) is 8.12. The maximum Gasteiger partial charge on any atom is 0.269 e. The van der Waals surface area contributed by atoms with Gasteiger partial charge in [0.1, 0.15) is 0 Å². The number of hydrogen-bond acceptors (Lipinski definition) is 5. The Bertz CT molecular complexity index is 596. The van der Waals surface area contributed by atoms with E-state index in [0.717, 1.165) is 24.7 Å². The van der Waals surface area contributed by atoms with E-state index in [-0.39, 0.29) is 10.6 Å². The van der Waals surface area contributed by atoms with Crippen molar-refractivity contribution in [3.05, 3.63) is 34.4 Å². The van der Waals surface area contributed by atoms with Crippen LogP contribution in [0.2, 0.25) is 0 Å². The van der Waals surface area contributed by atoms with Gasteiger partial charge in [-0.1, -0.05) is 0 Å². The third-order valence-electron chi connectivity index (χ3n) is 6.34. The van der Waals surface area contributed by atoms with Gasteiger partial charge in [-0.2, -0.15) is 0 Å². The molecule has 1 spiro atoms. The molecule has 6 nitrogen and oxygen atoms in total. The smallest absolute Gasteiger partial charge is 0.269 e. The molecule has 25 heavy (non-hydrogen) atoms. The van der Waals surface area contributed by atoms with E-state index >= 15 is 0 Å². The van der Waals surface area contributed by atoms with Crippen LogP contribution >= 0.6 is 0 Å². The highest BCUT2D eigenvalue weighted by molar-refractivity contribution is 5.51. The molecule has 0 aliphatic carbocycles. The first-order valence-corrected chi connectivity index (χ1v) is 9.56. The fourth-order valence-corrected chi connectivity index (χ4v) is 4.83. The molecular formula is C19H28N4O2. The van der Waals surface area contributed by atoms with E-state index in [0.29, 0.717) is 5.41 Å². The van der Waals surface area contributed by atoms with Gasteiger partial charge in [-0.05, 0) is 62.2 Å². The van der Waals surface area contributed by atoms with E-state index < -0.39 is 0 Å². The van der Waals surface area contributed by atoms with Crippen LogP contribution in [0.15, 0.2) is 24.3 Å². The lowest BCUT2D eigenvalue weighted by atomic mass is 9.72. The minimum Gasteiger partial charge on any atom is -0.372 e. The molecule has 0 saturated carbocycles. The van der Waals surface area contributed by atoms with Crippen molar-refractivity contribution in [2.45, 2.75) is 25.7 Å². The van der Waals surface area contributed by atoms with Gasteiger partial charge in [0.15, 0.2) is 0 Å². The summed E-state index contributed by atoms with van der Waals surface area (Å²) in [6.45, 7) is 8.37. The number of likely N-dealkylation sites (tertiary alicyclic amines) is 1. The summed E-state index contributed by atoms with van der Waals surface area (Å²) < 4.78 is 0. The molecule has 0 amide bonds. The second-order valence-corrected chi connectivity index (χ2v) is 8.12. The zero-order valence-electron chi connectivity index (χ0n) is 14.8. The monoisotopic (exact) mass is 344 g/mol. The van der Waals surface area contributed by atoms with E-state index in [1.807, 2.05) is 12.1 Å². The number of hydrogen-bond donors (Lipinski definition) is 1. The molecule has 4 rings (SSSR count). The molecule has 0 atom stereocenters. The zero-order chi connectivity index (χ0) is 17.3. The summed E-state index contributed by atoms with van der Waals surface area (Å²) in [6.07, 6.45) is 5.15. The Kier molecular flexibility index (Phi) is 4.65. The fourth-order valence-electron chi connectivity index (χ4n) is 4.83. The first-order valence-electron chi connectivity index (χ1n) is 9.56. The van der Waals surface area contributed by atoms with Gasteiger partial charge in [0.05, 0.1) is 4.92 Å². The minimum atomic E-state index is -0.335. The summed E-state index contributed by atoms with van der Waals surface area (Å²) in [7, 11) is 0. The lowest BCUT2D eigenvalue weighted by Gasteiger charge is -2.54. The van der Waals surface area contributed by atoms with Crippen molar-refractivity contribution in [3.63, 3.8) is 0 Å². The lowest BCUT2D eigenvalue weighted by Crippen LogP contribution is -2.60. The number of non-ortho nitro benzene ring substituents is 1. The Morgan fingerprint density at radius 2 is 1.76 bits per heavy atom. The summed E-state index contributed by atoms with van der Waals surface area (Å²) in [5.74, 6) is 0.799. The van der Waals surface area contributed by atoms with Crippen molar-refractivity contribution >= 4 is 11.4 Å². The van der Waals surface area contributed by atoms with Crippen LogP contribution in [-0.2, 0) is 0 Å². The molecule has 3 aliphatic heterocycles. The molecule has 136 valence electrons. The maximum absolute atomic E-state index is 10.8. The number of anilines is 1. The van der Waals surface area contributed by atoms with Gasteiger partial charge in [-0.3, -0.25) is 10.1 Å². The third-order valence-corrected chi connectivity index (χ3v) is 6.34. The number of piperidine rings is 2. The molecule has 3 aliphatic rings. The van der Waals surface area contributed by atoms with Crippen LogP contribution in [0.4, 0.5) is 11.4 Å². The summed E-state index contributed by atoms with van der Waals surface area (Å²) in [4.78, 5) is 15.5. The maximum atomic E-state index is 10.8. The molecule has 3 heterocycles. The van der Waals surface area contributed by atoms with Gasteiger partial charge >= 0.3 is 0 Å². The van der Waals surface area contributed by atoms with Gasteiger partial charge in [0.25, 0.3) is 5.69 Å². The van der Waals surface area contributed by atoms with Crippen molar-refractivity contribution < 1.29 is 4.92 Å². The largest absolute Gasteiger partial charge is 0.372 e. The molecule has 0 radical (unpaired) electrons. The molecule has 1 N–H and O–H groups in total. The number of nitrogens with one attached hydrogen (secondary N) is 1. The van der Waals surface area contributed by atoms with Crippen LogP contribution in [0.25, 0.3) is 0 Å². The van der Waals surface area contributed by atoms with Crippen LogP contribution in [0.1, 0.15) is 25.7 Å². The molecule has 1 aromatic carbocycles. The van der Waals surface area contributed by atoms with Gasteiger partial charge in [-0.15, -0.1) is 0 Å². The standard InChI is InChI=1S/C19H28N4O2/c24-23(25)18-3-1-17(2-4-18)22-11-5-16(6-12-22)13-21-14-19(15-21)7-9-20-10-8-19/h1-4,16,20H,5-15H2. The minimum absolute atomic E-state index is 0.170. The molecular weight excluding hydrogens is 316 g/mol. The van der Waals surface area contributed by atoms with E-state index in [4.69, 9.17) is 0 Å². The highest BCUT2D eigenvalue weighted by atomic mass is 16.6. The Morgan fingerprint density at radius 3 is 2.36 bits per heavy atom. The average molecular weight is 344 g/mol. The predicted molar refractivity (Wildman–Crippen MR) is 99.0 cm³/mol. The van der Waals surface area contributed by atoms with E-state index in [1.54, 1.807) is 12.1 Å². The van der Waals surface area contributed by atoms with Crippen molar-refractivity contribution in [2.24, 2.45) is 11.3 Å². The number of benzene rings is 1. The molecule has 6 heteroatoms. The quantitative estimate of drug-likeness (QED) is 0.672. The van der Waals surface area contributed by atoms with Crippen molar-refractivity contribution in [1.82, 2.24) is 10.2 Å². The van der Waals surface area contributed by atoms with Crippen molar-refractivity contribution in [3.8, 4) is 0 Å². The van der Waals surface area contributed by atoms with Gasteiger partial charge in [0, 0.05) is 50.5 Å². The van der Waals surface area contributed by atoms with Crippen LogP contribution in [0, 0.1) is 21.4 Å². The van der Waals surface area contributed by atoms with Crippen molar-refractivity contribution in [2.75, 3.05) is 50.7 Å². The SMILES string of the molecule is O=[N+]([O-])c1ccc(N2CCC(CN3CC4(CCNCC4)C3)CC2)cc1. The summed E-state index contributed by atoms with van der Waals surface area (Å²) in [5.41, 5.74) is 1.91. The Labute approximate surface area is 149 Å². The number of rotatable bonds is 4. The highest BCUT2D eigenvalue weighted by Crippen LogP contribution is 2.39. The third kappa shape index (κ3) is 3.65. The molecule has 3 fully saturated rings. The second kappa shape index (κ2) is 6.92.